The van der Waals surface area contributed by atoms with Crippen LogP contribution in [-0.4, -0.2) is 46.5 Å². The Labute approximate surface area is 167 Å². The van der Waals surface area contributed by atoms with Crippen LogP contribution in [0.25, 0.3) is 10.8 Å². The summed E-state index contributed by atoms with van der Waals surface area (Å²) in [5, 5.41) is 8.59. The average Bonchev–Trinajstić information content (AvgIpc) is 3.36. The quantitative estimate of drug-likeness (QED) is 0.661. The molecule has 1 aromatic carbocycles. The van der Waals surface area contributed by atoms with Crippen molar-refractivity contribution < 1.29 is 18.8 Å². The van der Waals surface area contributed by atoms with E-state index in [2.05, 4.69) is 15.5 Å². The SMILES string of the molecule is CCN1C[C@@H](CNC(=O)c2cc(COc3cccc4cnccc34)on2)CC1=O. The molecule has 3 heterocycles. The molecular formula is C21H22N4O4. The van der Waals surface area contributed by atoms with Crippen molar-refractivity contribution in [2.75, 3.05) is 19.6 Å². The fourth-order valence-electron chi connectivity index (χ4n) is 3.48. The van der Waals surface area contributed by atoms with Gasteiger partial charge in [-0.15, -0.1) is 0 Å². The maximum Gasteiger partial charge on any atom is 0.273 e. The number of hydrogen-bond acceptors (Lipinski definition) is 6. The topological polar surface area (TPSA) is 97.6 Å². The van der Waals surface area contributed by atoms with Gasteiger partial charge in [0.2, 0.25) is 5.91 Å². The molecule has 0 unspecified atom stereocenters. The first kappa shape index (κ1) is 18.9. The zero-order valence-corrected chi connectivity index (χ0v) is 16.1. The van der Waals surface area contributed by atoms with Crippen LogP contribution >= 0.6 is 0 Å². The van der Waals surface area contributed by atoms with Crippen LogP contribution in [0.2, 0.25) is 0 Å². The summed E-state index contributed by atoms with van der Waals surface area (Å²) in [4.78, 5) is 30.0. The summed E-state index contributed by atoms with van der Waals surface area (Å²) in [6.07, 6.45) is 3.95. The molecule has 1 fully saturated rings. The predicted octanol–water partition coefficient (Wildman–Crippen LogP) is 2.40. The average molecular weight is 394 g/mol. The molecule has 29 heavy (non-hydrogen) atoms. The van der Waals surface area contributed by atoms with Crippen molar-refractivity contribution in [3.05, 3.63) is 54.2 Å². The van der Waals surface area contributed by atoms with Gasteiger partial charge in [0.15, 0.2) is 11.5 Å². The highest BCUT2D eigenvalue weighted by Gasteiger charge is 2.28. The molecule has 0 spiro atoms. The molecule has 2 amide bonds. The van der Waals surface area contributed by atoms with E-state index in [1.54, 1.807) is 23.4 Å². The molecule has 0 radical (unpaired) electrons. The summed E-state index contributed by atoms with van der Waals surface area (Å²) in [5.41, 5.74) is 0.197. The van der Waals surface area contributed by atoms with E-state index in [0.29, 0.717) is 37.6 Å². The van der Waals surface area contributed by atoms with Gasteiger partial charge in [0.05, 0.1) is 0 Å². The molecule has 0 aliphatic carbocycles. The van der Waals surface area contributed by atoms with Crippen LogP contribution in [0.4, 0.5) is 0 Å². The lowest BCUT2D eigenvalue weighted by atomic mass is 10.1. The summed E-state index contributed by atoms with van der Waals surface area (Å²) in [7, 11) is 0. The number of fused-ring (bicyclic) bond motifs is 1. The van der Waals surface area contributed by atoms with Gasteiger partial charge in [0.1, 0.15) is 12.4 Å². The van der Waals surface area contributed by atoms with Crippen molar-refractivity contribution in [1.82, 2.24) is 20.4 Å². The molecule has 0 saturated carbocycles. The first-order chi connectivity index (χ1) is 14.1. The summed E-state index contributed by atoms with van der Waals surface area (Å²) in [5.74, 6) is 1.10. The van der Waals surface area contributed by atoms with Crippen molar-refractivity contribution >= 4 is 22.6 Å². The fraction of sp³-hybridized carbons (Fsp3) is 0.333. The lowest BCUT2D eigenvalue weighted by molar-refractivity contribution is -0.127. The van der Waals surface area contributed by atoms with Crippen LogP contribution in [0, 0.1) is 5.92 Å². The Morgan fingerprint density at radius 2 is 2.28 bits per heavy atom. The van der Waals surface area contributed by atoms with E-state index in [-0.39, 0.29) is 30.0 Å². The first-order valence-corrected chi connectivity index (χ1v) is 9.61. The van der Waals surface area contributed by atoms with Crippen molar-refractivity contribution in [1.29, 1.82) is 0 Å². The van der Waals surface area contributed by atoms with Crippen molar-refractivity contribution in [3.8, 4) is 5.75 Å². The van der Waals surface area contributed by atoms with E-state index in [0.717, 1.165) is 10.8 Å². The third-order valence-electron chi connectivity index (χ3n) is 5.03. The Bertz CT molecular complexity index is 1030. The maximum absolute atomic E-state index is 12.3. The highest BCUT2D eigenvalue weighted by molar-refractivity contribution is 5.92. The van der Waals surface area contributed by atoms with E-state index in [4.69, 9.17) is 9.26 Å². The van der Waals surface area contributed by atoms with Gasteiger partial charge in [0, 0.05) is 61.2 Å². The zero-order chi connectivity index (χ0) is 20.2. The van der Waals surface area contributed by atoms with E-state index in [1.165, 1.54) is 0 Å². The van der Waals surface area contributed by atoms with Gasteiger partial charge in [-0.1, -0.05) is 17.3 Å². The van der Waals surface area contributed by atoms with Crippen LogP contribution in [0.15, 0.2) is 47.2 Å². The number of nitrogens with one attached hydrogen (secondary N) is 1. The minimum atomic E-state index is -0.321. The number of hydrogen-bond donors (Lipinski definition) is 1. The van der Waals surface area contributed by atoms with Crippen LogP contribution in [0.3, 0.4) is 0 Å². The number of benzene rings is 1. The molecule has 0 bridgehead atoms. The Hall–Kier alpha value is -3.42. The molecule has 150 valence electrons. The zero-order valence-electron chi connectivity index (χ0n) is 16.1. The Kier molecular flexibility index (Phi) is 5.41. The van der Waals surface area contributed by atoms with E-state index < -0.39 is 0 Å². The summed E-state index contributed by atoms with van der Waals surface area (Å²) >= 11 is 0. The van der Waals surface area contributed by atoms with Crippen LogP contribution in [0.5, 0.6) is 5.75 Å². The van der Waals surface area contributed by atoms with Crippen LogP contribution in [-0.2, 0) is 11.4 Å². The van der Waals surface area contributed by atoms with Gasteiger partial charge < -0.3 is 19.5 Å². The molecule has 3 aromatic rings. The third-order valence-corrected chi connectivity index (χ3v) is 5.03. The first-order valence-electron chi connectivity index (χ1n) is 9.61. The molecule has 2 aromatic heterocycles. The number of amides is 2. The third kappa shape index (κ3) is 4.21. The number of carbonyl (C=O) groups is 2. The van der Waals surface area contributed by atoms with Crippen molar-refractivity contribution in [3.63, 3.8) is 0 Å². The Balaban J connectivity index is 1.32. The molecular weight excluding hydrogens is 372 g/mol. The lowest BCUT2D eigenvalue weighted by Crippen LogP contribution is -2.31. The molecule has 1 atom stereocenters. The second-order valence-corrected chi connectivity index (χ2v) is 7.03. The van der Waals surface area contributed by atoms with Crippen molar-refractivity contribution in [2.45, 2.75) is 20.0 Å². The minimum absolute atomic E-state index is 0.127. The van der Waals surface area contributed by atoms with Crippen LogP contribution in [0.1, 0.15) is 29.6 Å². The number of aromatic nitrogens is 2. The lowest BCUT2D eigenvalue weighted by Gasteiger charge is -2.13. The maximum atomic E-state index is 12.3. The van der Waals surface area contributed by atoms with E-state index >= 15 is 0 Å². The Morgan fingerprint density at radius 1 is 1.38 bits per heavy atom. The van der Waals surface area contributed by atoms with Crippen molar-refractivity contribution in [2.24, 2.45) is 5.92 Å². The number of pyridine rings is 1. The highest BCUT2D eigenvalue weighted by atomic mass is 16.5. The highest BCUT2D eigenvalue weighted by Crippen LogP contribution is 2.25. The fourth-order valence-corrected chi connectivity index (χ4v) is 3.48. The van der Waals surface area contributed by atoms with Gasteiger partial charge in [-0.3, -0.25) is 14.6 Å². The molecule has 1 N–H and O–H groups in total. The second kappa shape index (κ2) is 8.30. The van der Waals surface area contributed by atoms with Gasteiger partial charge in [0.25, 0.3) is 5.91 Å². The minimum Gasteiger partial charge on any atom is -0.485 e. The van der Waals surface area contributed by atoms with Gasteiger partial charge in [-0.2, -0.15) is 0 Å². The standard InChI is InChI=1S/C21H22N4O4/c1-2-25-12-14(8-20(25)26)10-23-21(27)18-9-16(29-24-18)13-28-19-5-3-4-15-11-22-7-6-17(15)19/h3-7,9,11,14H,2,8,10,12-13H2,1H3,(H,23,27)/t14-/m1/s1. The number of ether oxygens (including phenoxy) is 1. The number of likely N-dealkylation sites (tertiary alicyclic amines) is 1. The number of rotatable bonds is 7. The summed E-state index contributed by atoms with van der Waals surface area (Å²) in [6.45, 7) is 3.91. The number of carbonyl (C=O) groups excluding carboxylic acids is 2. The van der Waals surface area contributed by atoms with E-state index in [1.807, 2.05) is 31.2 Å². The number of nitrogens with zero attached hydrogens (tertiary/aromatic N) is 3. The van der Waals surface area contributed by atoms with E-state index in [9.17, 15) is 9.59 Å². The summed E-state index contributed by atoms with van der Waals surface area (Å²) < 4.78 is 11.1. The molecule has 1 saturated heterocycles. The normalized spacial score (nSPS) is 16.4. The van der Waals surface area contributed by atoms with Gasteiger partial charge >= 0.3 is 0 Å². The van der Waals surface area contributed by atoms with Gasteiger partial charge in [-0.05, 0) is 19.1 Å². The molecule has 1 aliphatic heterocycles. The van der Waals surface area contributed by atoms with Gasteiger partial charge in [-0.25, -0.2) is 0 Å². The molecule has 8 nitrogen and oxygen atoms in total. The largest absolute Gasteiger partial charge is 0.485 e. The predicted molar refractivity (Wildman–Crippen MR) is 105 cm³/mol. The van der Waals surface area contributed by atoms with Crippen LogP contribution < -0.4 is 10.1 Å². The Morgan fingerprint density at radius 3 is 3.10 bits per heavy atom. The monoisotopic (exact) mass is 394 g/mol. The molecule has 8 heteroatoms. The summed E-state index contributed by atoms with van der Waals surface area (Å²) in [6, 6.07) is 9.18. The molecule has 1 aliphatic rings. The second-order valence-electron chi connectivity index (χ2n) is 7.03. The smallest absolute Gasteiger partial charge is 0.273 e. The molecule has 4 rings (SSSR count).